The highest BCUT2D eigenvalue weighted by Crippen LogP contribution is 2.39. The lowest BCUT2D eigenvalue weighted by Gasteiger charge is -2.39. The van der Waals surface area contributed by atoms with E-state index in [0.717, 1.165) is 45.2 Å². The van der Waals surface area contributed by atoms with Gasteiger partial charge in [-0.2, -0.15) is 0 Å². The molecule has 2 unspecified atom stereocenters. The Hall–Kier alpha value is -1.06. The number of likely N-dealkylation sites (tertiary alicyclic amines) is 1. The van der Waals surface area contributed by atoms with Crippen molar-refractivity contribution in [3.8, 4) is 0 Å². The molecule has 1 heterocycles. The fourth-order valence-corrected chi connectivity index (χ4v) is 4.00. The summed E-state index contributed by atoms with van der Waals surface area (Å²) in [6.45, 7) is 6.15. The summed E-state index contributed by atoms with van der Waals surface area (Å²) in [5, 5.41) is 8.80. The van der Waals surface area contributed by atoms with Crippen LogP contribution in [-0.4, -0.2) is 35.0 Å². The molecule has 1 saturated carbocycles. The van der Waals surface area contributed by atoms with Gasteiger partial charge >= 0.3 is 5.97 Å². The number of aliphatic carboxylic acids is 1. The van der Waals surface area contributed by atoms with Gasteiger partial charge in [0, 0.05) is 25.4 Å². The Morgan fingerprint density at radius 3 is 2.67 bits per heavy atom. The maximum absolute atomic E-state index is 12.7. The third kappa shape index (κ3) is 4.72. The summed E-state index contributed by atoms with van der Waals surface area (Å²) in [4.78, 5) is 25.4. The van der Waals surface area contributed by atoms with Crippen molar-refractivity contribution in [3.05, 3.63) is 0 Å². The maximum Gasteiger partial charge on any atom is 0.303 e. The number of carbonyl (C=O) groups excluding carboxylic acids is 1. The number of rotatable bonds is 4. The zero-order chi connectivity index (χ0) is 15.5. The van der Waals surface area contributed by atoms with Gasteiger partial charge < -0.3 is 10.0 Å². The molecule has 0 aromatic heterocycles. The Bertz CT molecular complexity index is 391. The van der Waals surface area contributed by atoms with E-state index in [2.05, 4.69) is 13.8 Å². The van der Waals surface area contributed by atoms with Gasteiger partial charge in [-0.15, -0.1) is 0 Å². The van der Waals surface area contributed by atoms with Gasteiger partial charge in [-0.3, -0.25) is 9.59 Å². The Kier molecular flexibility index (Phi) is 5.28. The maximum atomic E-state index is 12.7. The third-order valence-electron chi connectivity index (χ3n) is 5.15. The van der Waals surface area contributed by atoms with E-state index in [0.29, 0.717) is 18.2 Å². The summed E-state index contributed by atoms with van der Waals surface area (Å²) in [6, 6.07) is 0. The van der Waals surface area contributed by atoms with E-state index >= 15 is 0 Å². The van der Waals surface area contributed by atoms with E-state index in [1.807, 2.05) is 4.90 Å². The molecule has 0 spiro atoms. The van der Waals surface area contributed by atoms with Crippen LogP contribution in [0.25, 0.3) is 0 Å². The molecule has 2 rings (SSSR count). The minimum Gasteiger partial charge on any atom is -0.481 e. The molecule has 2 fully saturated rings. The highest BCUT2D eigenvalue weighted by atomic mass is 16.4. The first kappa shape index (κ1) is 16.3. The fourth-order valence-electron chi connectivity index (χ4n) is 4.00. The molecule has 1 saturated heterocycles. The zero-order valence-electron chi connectivity index (χ0n) is 13.4. The van der Waals surface area contributed by atoms with E-state index in [-0.39, 0.29) is 17.8 Å². The van der Waals surface area contributed by atoms with Crippen molar-refractivity contribution in [1.82, 2.24) is 4.90 Å². The highest BCUT2D eigenvalue weighted by molar-refractivity contribution is 5.79. The molecule has 21 heavy (non-hydrogen) atoms. The number of amides is 1. The molecule has 4 heteroatoms. The molecule has 0 aromatic carbocycles. The molecule has 2 aliphatic rings. The van der Waals surface area contributed by atoms with Crippen LogP contribution in [-0.2, 0) is 9.59 Å². The lowest BCUT2D eigenvalue weighted by molar-refractivity contribution is -0.140. The minimum absolute atomic E-state index is 0.187. The van der Waals surface area contributed by atoms with Crippen molar-refractivity contribution in [2.45, 2.75) is 65.2 Å². The summed E-state index contributed by atoms with van der Waals surface area (Å²) in [5.41, 5.74) is 0.289. The lowest BCUT2D eigenvalue weighted by atomic mass is 9.71. The molecule has 1 aliphatic heterocycles. The molecular formula is C17H29NO3. The standard InChI is InChI=1S/C17H29NO3/c1-17(2)9-3-6-14(11-17)16(21)18-10-4-5-13(12-18)7-8-15(19)20/h13-14H,3-12H2,1-2H3,(H,19,20). The van der Waals surface area contributed by atoms with E-state index < -0.39 is 5.97 Å². The predicted octanol–water partition coefficient (Wildman–Crippen LogP) is 3.31. The number of carboxylic acid groups (broad SMARTS) is 1. The second-order valence-electron chi connectivity index (χ2n) is 7.68. The van der Waals surface area contributed by atoms with Gasteiger partial charge in [0.2, 0.25) is 5.91 Å². The highest BCUT2D eigenvalue weighted by Gasteiger charge is 2.35. The molecule has 1 aliphatic carbocycles. The van der Waals surface area contributed by atoms with Crippen LogP contribution in [0.3, 0.4) is 0 Å². The Labute approximate surface area is 127 Å². The fraction of sp³-hybridized carbons (Fsp3) is 0.882. The molecule has 0 radical (unpaired) electrons. The number of carboxylic acids is 1. The molecule has 120 valence electrons. The van der Waals surface area contributed by atoms with E-state index in [4.69, 9.17) is 5.11 Å². The third-order valence-corrected chi connectivity index (χ3v) is 5.15. The van der Waals surface area contributed by atoms with Crippen LogP contribution in [0.5, 0.6) is 0 Å². The van der Waals surface area contributed by atoms with Gasteiger partial charge in [0.25, 0.3) is 0 Å². The summed E-state index contributed by atoms with van der Waals surface area (Å²) >= 11 is 0. The van der Waals surface area contributed by atoms with Crippen molar-refractivity contribution < 1.29 is 14.7 Å². The first-order valence-electron chi connectivity index (χ1n) is 8.38. The average molecular weight is 295 g/mol. The quantitative estimate of drug-likeness (QED) is 0.865. The first-order valence-corrected chi connectivity index (χ1v) is 8.38. The average Bonchev–Trinajstić information content (AvgIpc) is 2.43. The molecule has 0 aromatic rings. The van der Waals surface area contributed by atoms with Crippen LogP contribution in [0.1, 0.15) is 65.2 Å². The van der Waals surface area contributed by atoms with Crippen molar-refractivity contribution >= 4 is 11.9 Å². The topological polar surface area (TPSA) is 57.6 Å². The van der Waals surface area contributed by atoms with Crippen LogP contribution >= 0.6 is 0 Å². The number of nitrogens with zero attached hydrogens (tertiary/aromatic N) is 1. The van der Waals surface area contributed by atoms with Crippen LogP contribution in [0, 0.1) is 17.3 Å². The smallest absolute Gasteiger partial charge is 0.303 e. The van der Waals surface area contributed by atoms with Crippen LogP contribution in [0.2, 0.25) is 0 Å². The number of piperidine rings is 1. The Balaban J connectivity index is 1.88. The zero-order valence-corrected chi connectivity index (χ0v) is 13.4. The second kappa shape index (κ2) is 6.80. The van der Waals surface area contributed by atoms with E-state index in [1.165, 1.54) is 6.42 Å². The Morgan fingerprint density at radius 2 is 2.00 bits per heavy atom. The van der Waals surface area contributed by atoms with Crippen LogP contribution in [0.15, 0.2) is 0 Å². The van der Waals surface area contributed by atoms with Gasteiger partial charge in [0.15, 0.2) is 0 Å². The molecule has 1 N–H and O–H groups in total. The SMILES string of the molecule is CC1(C)CCCC(C(=O)N2CCCC(CCC(=O)O)C2)C1. The van der Waals surface area contributed by atoms with Crippen molar-refractivity contribution in [2.75, 3.05) is 13.1 Å². The summed E-state index contributed by atoms with van der Waals surface area (Å²) in [5.74, 6) is 0.151. The summed E-state index contributed by atoms with van der Waals surface area (Å²) in [6.07, 6.45) is 7.41. The monoisotopic (exact) mass is 295 g/mol. The van der Waals surface area contributed by atoms with Crippen molar-refractivity contribution in [3.63, 3.8) is 0 Å². The molecule has 2 atom stereocenters. The second-order valence-corrected chi connectivity index (χ2v) is 7.68. The number of carbonyl (C=O) groups is 2. The minimum atomic E-state index is -0.729. The van der Waals surface area contributed by atoms with Gasteiger partial charge in [-0.05, 0) is 49.9 Å². The number of hydrogen-bond donors (Lipinski definition) is 1. The summed E-state index contributed by atoms with van der Waals surface area (Å²) < 4.78 is 0. The van der Waals surface area contributed by atoms with E-state index in [9.17, 15) is 9.59 Å². The summed E-state index contributed by atoms with van der Waals surface area (Å²) in [7, 11) is 0. The largest absolute Gasteiger partial charge is 0.481 e. The molecular weight excluding hydrogens is 266 g/mol. The van der Waals surface area contributed by atoms with E-state index in [1.54, 1.807) is 0 Å². The van der Waals surface area contributed by atoms with Gasteiger partial charge in [-0.1, -0.05) is 20.3 Å². The number of hydrogen-bond acceptors (Lipinski definition) is 2. The van der Waals surface area contributed by atoms with Gasteiger partial charge in [-0.25, -0.2) is 0 Å². The first-order chi connectivity index (χ1) is 9.87. The van der Waals surface area contributed by atoms with Crippen LogP contribution < -0.4 is 0 Å². The molecule has 4 nitrogen and oxygen atoms in total. The Morgan fingerprint density at radius 1 is 1.24 bits per heavy atom. The van der Waals surface area contributed by atoms with Crippen LogP contribution in [0.4, 0.5) is 0 Å². The van der Waals surface area contributed by atoms with Gasteiger partial charge in [0.1, 0.15) is 0 Å². The lowest BCUT2D eigenvalue weighted by Crippen LogP contribution is -2.44. The van der Waals surface area contributed by atoms with Gasteiger partial charge in [0.05, 0.1) is 0 Å². The molecule has 1 amide bonds. The molecule has 0 bridgehead atoms. The van der Waals surface area contributed by atoms with Crippen molar-refractivity contribution in [1.29, 1.82) is 0 Å². The van der Waals surface area contributed by atoms with Crippen molar-refractivity contribution in [2.24, 2.45) is 17.3 Å². The normalized spacial score (nSPS) is 29.1. The predicted molar refractivity (Wildman–Crippen MR) is 81.9 cm³/mol.